The van der Waals surface area contributed by atoms with E-state index in [2.05, 4.69) is 51.7 Å². The number of likely N-dealkylation sites (tertiary alicyclic amines) is 2. The van der Waals surface area contributed by atoms with Crippen molar-refractivity contribution in [2.75, 3.05) is 61.0 Å². The maximum Gasteiger partial charge on any atom is 0.315 e. The van der Waals surface area contributed by atoms with Crippen LogP contribution in [0.25, 0.3) is 0 Å². The van der Waals surface area contributed by atoms with Crippen molar-refractivity contribution >= 4 is 91.6 Å². The van der Waals surface area contributed by atoms with Crippen molar-refractivity contribution in [3.05, 3.63) is 139 Å². The Balaban J connectivity index is 0.566. The quantitative estimate of drug-likeness (QED) is 0.0171. The third-order valence-corrected chi connectivity index (χ3v) is 19.6. The SMILES string of the molecule is N[C@@H]1CCCN([C@H]2Cc3c(Cl)cc(Cl)cc3[C@@H]2Oc2ccc(N(CCCCn3cc(CNC(=O)NCCCCNC(=O)NCc4cn(CCCCN(c5ccc(O[C@H]6c7cc(Cl)cc(Cl)c7C[C@@H]6N6CCC[C@@H](N)C6)cc5)[SH](=O)=O)nn4)nn3)[SH](=O)=O)cc2)C1. The molecule has 2 aromatic heterocycles. The number of nitrogens with two attached hydrogens (primary N) is 2. The number of hydrogen-bond acceptors (Lipinski definition) is 16. The molecule has 2 aliphatic carbocycles. The average Bonchev–Trinajstić information content (AvgIpc) is 1.63. The number of rotatable bonds is 29. The van der Waals surface area contributed by atoms with Crippen LogP contribution in [0.15, 0.2) is 85.2 Å². The van der Waals surface area contributed by atoms with E-state index in [0.29, 0.717) is 132 Å². The summed E-state index contributed by atoms with van der Waals surface area (Å²) >= 11 is 26.3. The van der Waals surface area contributed by atoms with E-state index in [1.54, 1.807) is 82.4 Å². The van der Waals surface area contributed by atoms with Crippen LogP contribution < -0.4 is 50.8 Å². The van der Waals surface area contributed by atoms with Crippen LogP contribution in [0.5, 0.6) is 11.5 Å². The highest BCUT2D eigenvalue weighted by molar-refractivity contribution is 7.74. The second-order valence-electron chi connectivity index (χ2n) is 23.3. The minimum Gasteiger partial charge on any atom is -0.484 e. The summed E-state index contributed by atoms with van der Waals surface area (Å²) < 4.78 is 69.0. The Morgan fingerprint density at radius 2 is 0.978 bits per heavy atom. The predicted molar refractivity (Wildman–Crippen MR) is 349 cm³/mol. The van der Waals surface area contributed by atoms with Crippen LogP contribution in [0.4, 0.5) is 21.0 Å². The van der Waals surface area contributed by atoms with Gasteiger partial charge in [-0.2, -0.15) is 0 Å². The first kappa shape index (κ1) is 66.7. The van der Waals surface area contributed by atoms with Gasteiger partial charge in [0.15, 0.2) is 0 Å². The van der Waals surface area contributed by atoms with Crippen LogP contribution in [0, 0.1) is 0 Å². The fourth-order valence-corrected chi connectivity index (χ4v) is 14.8. The predicted octanol–water partition coefficient (Wildman–Crippen LogP) is 7.12. The number of hydrogen-bond donors (Lipinski definition) is 8. The molecule has 6 aromatic rings. The summed E-state index contributed by atoms with van der Waals surface area (Å²) in [6.07, 6.45) is 11.8. The van der Waals surface area contributed by atoms with Gasteiger partial charge in [0.05, 0.1) is 48.9 Å². The fourth-order valence-electron chi connectivity index (χ4n) is 12.4. The zero-order valence-corrected chi connectivity index (χ0v) is 54.6. The number of fused-ring (bicyclic) bond motifs is 2. The summed E-state index contributed by atoms with van der Waals surface area (Å²) in [6, 6.07) is 21.0. The van der Waals surface area contributed by atoms with Crippen LogP contribution in [-0.4, -0.2) is 145 Å². The van der Waals surface area contributed by atoms with Crippen LogP contribution in [0.3, 0.4) is 0 Å². The lowest BCUT2D eigenvalue weighted by Crippen LogP contribution is -2.49. The molecule has 0 bridgehead atoms. The number of carbonyl (C=O) groups excluding carboxylic acids is 2. The number of aryl methyl sites for hydroxylation is 2. The molecule has 8 N–H and O–H groups in total. The molecule has 30 heteroatoms. The number of thiol groups is 2. The van der Waals surface area contributed by atoms with E-state index in [0.717, 1.165) is 74.1 Å². The smallest absolute Gasteiger partial charge is 0.315 e. The van der Waals surface area contributed by atoms with Gasteiger partial charge in [-0.3, -0.25) is 27.8 Å². The number of anilines is 2. The summed E-state index contributed by atoms with van der Waals surface area (Å²) in [5, 5.41) is 30.1. The van der Waals surface area contributed by atoms with E-state index >= 15 is 0 Å². The Hall–Kier alpha value is -6.20. The maximum absolute atomic E-state index is 12.5. The summed E-state index contributed by atoms with van der Waals surface area (Å²) in [4.78, 5) is 29.8. The molecule has 0 unspecified atom stereocenters. The van der Waals surface area contributed by atoms with Crippen molar-refractivity contribution < 1.29 is 35.9 Å². The molecule has 10 rings (SSSR count). The molecule has 4 heterocycles. The molecular formula is C60H78Cl4N16O8S2. The molecule has 90 heavy (non-hydrogen) atoms. The molecule has 4 aromatic carbocycles. The van der Waals surface area contributed by atoms with Crippen LogP contribution in [0.1, 0.15) is 110 Å². The minimum atomic E-state index is -2.91. The number of nitrogens with zero attached hydrogens (tertiary/aromatic N) is 10. The third kappa shape index (κ3) is 17.9. The highest BCUT2D eigenvalue weighted by Gasteiger charge is 2.42. The molecule has 2 saturated heterocycles. The van der Waals surface area contributed by atoms with E-state index < -0.39 is 21.8 Å². The largest absolute Gasteiger partial charge is 0.484 e. The number of unbranched alkanes of at least 4 members (excludes halogenated alkanes) is 3. The molecule has 0 saturated carbocycles. The van der Waals surface area contributed by atoms with Crippen LogP contribution in [0.2, 0.25) is 20.1 Å². The van der Waals surface area contributed by atoms with Gasteiger partial charge < -0.3 is 42.2 Å². The number of amides is 4. The summed E-state index contributed by atoms with van der Waals surface area (Å²) in [5.41, 5.74) is 18.9. The number of halogens is 4. The lowest BCUT2D eigenvalue weighted by molar-refractivity contribution is 0.0593. The van der Waals surface area contributed by atoms with Crippen LogP contribution in [-0.2, 0) is 60.8 Å². The van der Waals surface area contributed by atoms with Crippen LogP contribution >= 0.6 is 46.4 Å². The van der Waals surface area contributed by atoms with Gasteiger partial charge in [-0.25, -0.2) is 26.4 Å². The van der Waals surface area contributed by atoms with Gasteiger partial charge in [0.25, 0.3) is 0 Å². The lowest BCUT2D eigenvalue weighted by Gasteiger charge is -2.38. The standard InChI is InChI=1S/C60H78Cl4N16O8S2/c61-39-27-51-49(53(63)29-39)31-55(75-21-7-9-41(65)35-75)57(51)87-47-15-11-45(12-16-47)79(89(83)84)25-5-3-23-77-37-43(71-73-77)33-69-59(81)67-19-1-2-20-68-60(82)70-34-44-38-78(74-72-44)24-4-6-26-80(90(85)86)46-13-17-48(18-14-46)88-58-52-28-40(62)30-54(64)50(52)32-56(58)76-22-8-10-42(66)36-76/h11-18,27-30,37-38,41-42,55-58,89-90H,1-10,19-26,31-36,65-66H2,(H2,67,69,81)(H2,68,70,82)/t41-,42-,55+,56+,57+,58+/m1/s1. The van der Waals surface area contributed by atoms with Crippen molar-refractivity contribution in [2.24, 2.45) is 11.5 Å². The molecule has 4 amide bonds. The molecule has 0 radical (unpaired) electrons. The summed E-state index contributed by atoms with van der Waals surface area (Å²) in [7, 11) is -5.83. The summed E-state index contributed by atoms with van der Waals surface area (Å²) in [6.45, 7) is 5.99. The highest BCUT2D eigenvalue weighted by Crippen LogP contribution is 2.45. The number of urea groups is 2. The summed E-state index contributed by atoms with van der Waals surface area (Å²) in [5.74, 6) is 1.20. The molecule has 4 aliphatic rings. The number of benzene rings is 4. The first-order valence-corrected chi connectivity index (χ1v) is 34.4. The second-order valence-corrected chi connectivity index (χ2v) is 26.9. The minimum absolute atomic E-state index is 0.0251. The van der Waals surface area contributed by atoms with Crippen molar-refractivity contribution in [1.82, 2.24) is 61.1 Å². The average molecular weight is 1360 g/mol. The van der Waals surface area contributed by atoms with E-state index in [9.17, 15) is 26.4 Å². The number of nitrogens with one attached hydrogen (secondary N) is 4. The van der Waals surface area contributed by atoms with Gasteiger partial charge in [-0.1, -0.05) is 56.8 Å². The third-order valence-electron chi connectivity index (χ3n) is 16.9. The second kappa shape index (κ2) is 31.9. The van der Waals surface area contributed by atoms with Crippen molar-refractivity contribution in [3.63, 3.8) is 0 Å². The van der Waals surface area contributed by atoms with Gasteiger partial charge in [-0.05, 0) is 174 Å². The van der Waals surface area contributed by atoms with Gasteiger partial charge in [0, 0.05) is 95.7 Å². The van der Waals surface area contributed by atoms with Gasteiger partial charge >= 0.3 is 12.1 Å². The molecular weight excluding hydrogens is 1280 g/mol. The first-order chi connectivity index (χ1) is 43.5. The monoisotopic (exact) mass is 1350 g/mol. The Labute approximate surface area is 547 Å². The molecule has 0 spiro atoms. The molecule has 2 fully saturated rings. The Kier molecular flexibility index (Phi) is 23.6. The maximum atomic E-state index is 12.5. The Morgan fingerprint density at radius 3 is 1.37 bits per heavy atom. The zero-order valence-electron chi connectivity index (χ0n) is 49.8. The van der Waals surface area contributed by atoms with Gasteiger partial charge in [-0.15, -0.1) is 10.2 Å². The van der Waals surface area contributed by atoms with E-state index in [4.69, 9.17) is 67.3 Å². The number of ether oxygens (including phenoxy) is 2. The number of aromatic nitrogens is 6. The Bertz CT molecular complexity index is 3320. The van der Waals surface area contributed by atoms with Gasteiger partial charge in [0.2, 0.25) is 21.8 Å². The fraction of sp³-hybridized carbons (Fsp3) is 0.500. The molecule has 24 nitrogen and oxygen atoms in total. The van der Waals surface area contributed by atoms with E-state index in [-0.39, 0.29) is 74.6 Å². The number of carbonyl (C=O) groups is 2. The Morgan fingerprint density at radius 1 is 0.567 bits per heavy atom. The molecule has 2 aliphatic heterocycles. The zero-order chi connectivity index (χ0) is 63.3. The highest BCUT2D eigenvalue weighted by atomic mass is 35.5. The topological polar surface area (TPSA) is 295 Å². The first-order valence-electron chi connectivity index (χ1n) is 30.6. The van der Waals surface area contributed by atoms with Crippen molar-refractivity contribution in [2.45, 2.75) is 140 Å². The number of piperidine rings is 2. The van der Waals surface area contributed by atoms with Gasteiger partial charge in [0.1, 0.15) is 35.1 Å². The normalized spacial score (nSPS) is 20.0. The van der Waals surface area contributed by atoms with E-state index in [1.165, 1.54) is 8.61 Å². The molecule has 6 atom stereocenters. The van der Waals surface area contributed by atoms with Crippen molar-refractivity contribution in [1.29, 1.82) is 0 Å². The molecule has 486 valence electrons. The van der Waals surface area contributed by atoms with Crippen molar-refractivity contribution in [3.8, 4) is 11.5 Å². The van der Waals surface area contributed by atoms with E-state index in [1.807, 2.05) is 12.1 Å². The lowest BCUT2D eigenvalue weighted by atomic mass is 10.0.